The topological polar surface area (TPSA) is 111 Å². The lowest BCUT2D eigenvalue weighted by Gasteiger charge is -2.10. The Balaban J connectivity index is 1.89. The van der Waals surface area contributed by atoms with Gasteiger partial charge < -0.3 is 20.1 Å². The van der Waals surface area contributed by atoms with Crippen LogP contribution in [0.25, 0.3) is 0 Å². The molecule has 0 aliphatic rings. The van der Waals surface area contributed by atoms with Crippen molar-refractivity contribution >= 4 is 41.0 Å². The molecule has 0 fully saturated rings. The molecule has 2 N–H and O–H groups in total. The summed E-state index contributed by atoms with van der Waals surface area (Å²) in [5.41, 5.74) is 1.25. The maximum atomic E-state index is 12.5. The molecular formula is C24H28N2O6S. The summed E-state index contributed by atoms with van der Waals surface area (Å²) in [5.74, 6) is -1.14. The van der Waals surface area contributed by atoms with E-state index in [9.17, 15) is 19.2 Å². The van der Waals surface area contributed by atoms with E-state index in [1.807, 2.05) is 6.92 Å². The van der Waals surface area contributed by atoms with E-state index in [4.69, 9.17) is 9.47 Å². The lowest BCUT2D eigenvalue weighted by molar-refractivity contribution is -0.119. The van der Waals surface area contributed by atoms with Gasteiger partial charge in [0.25, 0.3) is 0 Å². The minimum absolute atomic E-state index is 0.0884. The SMILES string of the molecule is CCCC(=O)Nc1ccc(C(=O)COC(=O)c2ccccc2SCC(=O)NCCOC)cc1. The van der Waals surface area contributed by atoms with Gasteiger partial charge in [0.15, 0.2) is 12.4 Å². The molecule has 0 heterocycles. The van der Waals surface area contributed by atoms with Gasteiger partial charge in [0, 0.05) is 36.2 Å². The van der Waals surface area contributed by atoms with E-state index in [0.29, 0.717) is 35.7 Å². The molecule has 0 saturated heterocycles. The third kappa shape index (κ3) is 9.07. The highest BCUT2D eigenvalue weighted by Gasteiger charge is 2.16. The highest BCUT2D eigenvalue weighted by atomic mass is 32.2. The predicted octanol–water partition coefficient (Wildman–Crippen LogP) is 3.32. The number of rotatable bonds is 13. The Labute approximate surface area is 197 Å². The number of anilines is 1. The Morgan fingerprint density at radius 2 is 1.70 bits per heavy atom. The summed E-state index contributed by atoms with van der Waals surface area (Å²) in [4.78, 5) is 49.1. The van der Waals surface area contributed by atoms with Gasteiger partial charge in [-0.1, -0.05) is 19.1 Å². The molecule has 2 amide bonds. The molecule has 0 aliphatic carbocycles. The molecule has 8 nitrogen and oxygen atoms in total. The average Bonchev–Trinajstić information content (AvgIpc) is 2.82. The number of Topliss-reactive ketones (excluding diaryl/α,β-unsaturated/α-hetero) is 1. The summed E-state index contributed by atoms with van der Waals surface area (Å²) in [5, 5.41) is 5.46. The Hall–Kier alpha value is -3.17. The zero-order valence-corrected chi connectivity index (χ0v) is 19.5. The van der Waals surface area contributed by atoms with E-state index in [2.05, 4.69) is 10.6 Å². The fourth-order valence-electron chi connectivity index (χ4n) is 2.73. The number of ketones is 1. The van der Waals surface area contributed by atoms with Gasteiger partial charge >= 0.3 is 5.97 Å². The monoisotopic (exact) mass is 472 g/mol. The fourth-order valence-corrected chi connectivity index (χ4v) is 3.60. The van der Waals surface area contributed by atoms with Crippen molar-refractivity contribution in [2.45, 2.75) is 24.7 Å². The standard InChI is InChI=1S/C24H28N2O6S/c1-3-6-22(28)26-18-11-9-17(10-12-18)20(27)15-32-24(30)19-7-4-5-8-21(19)33-16-23(29)25-13-14-31-2/h4-5,7-12H,3,6,13-16H2,1-2H3,(H,25,29)(H,26,28). The maximum Gasteiger partial charge on any atom is 0.339 e. The van der Waals surface area contributed by atoms with Crippen molar-refractivity contribution in [2.75, 3.05) is 37.9 Å². The van der Waals surface area contributed by atoms with Crippen LogP contribution in [0, 0.1) is 0 Å². The van der Waals surface area contributed by atoms with Crippen LogP contribution in [-0.2, 0) is 19.1 Å². The average molecular weight is 473 g/mol. The van der Waals surface area contributed by atoms with Crippen LogP contribution in [0.1, 0.15) is 40.5 Å². The van der Waals surface area contributed by atoms with E-state index in [1.165, 1.54) is 11.8 Å². The zero-order valence-electron chi connectivity index (χ0n) is 18.7. The van der Waals surface area contributed by atoms with E-state index in [1.54, 1.807) is 55.6 Å². The first-order valence-electron chi connectivity index (χ1n) is 10.5. The molecule has 9 heteroatoms. The molecule has 0 bridgehead atoms. The second kappa shape index (κ2) is 14.1. The minimum atomic E-state index is -0.644. The van der Waals surface area contributed by atoms with Gasteiger partial charge in [0.1, 0.15) is 0 Å². The van der Waals surface area contributed by atoms with E-state index in [-0.39, 0.29) is 28.9 Å². The number of hydrogen-bond acceptors (Lipinski definition) is 7. The molecule has 33 heavy (non-hydrogen) atoms. The highest BCUT2D eigenvalue weighted by Crippen LogP contribution is 2.23. The zero-order chi connectivity index (χ0) is 24.1. The van der Waals surface area contributed by atoms with Gasteiger partial charge in [-0.25, -0.2) is 4.79 Å². The van der Waals surface area contributed by atoms with Gasteiger partial charge in [-0.3, -0.25) is 14.4 Å². The highest BCUT2D eigenvalue weighted by molar-refractivity contribution is 8.00. The number of thioether (sulfide) groups is 1. The minimum Gasteiger partial charge on any atom is -0.454 e. The number of hydrogen-bond donors (Lipinski definition) is 2. The summed E-state index contributed by atoms with van der Waals surface area (Å²) in [6.07, 6.45) is 1.17. The summed E-state index contributed by atoms with van der Waals surface area (Å²) >= 11 is 1.21. The third-order valence-electron chi connectivity index (χ3n) is 4.40. The molecule has 176 valence electrons. The van der Waals surface area contributed by atoms with E-state index < -0.39 is 12.6 Å². The summed E-state index contributed by atoms with van der Waals surface area (Å²) in [6.45, 7) is 2.33. The smallest absolute Gasteiger partial charge is 0.339 e. The van der Waals surface area contributed by atoms with Crippen molar-refractivity contribution in [3.63, 3.8) is 0 Å². The first-order valence-corrected chi connectivity index (χ1v) is 11.5. The van der Waals surface area contributed by atoms with Crippen molar-refractivity contribution in [1.29, 1.82) is 0 Å². The van der Waals surface area contributed by atoms with Crippen molar-refractivity contribution in [3.8, 4) is 0 Å². The van der Waals surface area contributed by atoms with Gasteiger partial charge in [-0.2, -0.15) is 0 Å². The summed E-state index contributed by atoms with van der Waals surface area (Å²) in [6, 6.07) is 13.2. The van der Waals surface area contributed by atoms with Gasteiger partial charge in [0.2, 0.25) is 11.8 Å². The number of carbonyl (C=O) groups excluding carboxylic acids is 4. The lowest BCUT2D eigenvalue weighted by Crippen LogP contribution is -2.28. The van der Waals surface area contributed by atoms with Crippen LogP contribution >= 0.6 is 11.8 Å². The predicted molar refractivity (Wildman–Crippen MR) is 127 cm³/mol. The maximum absolute atomic E-state index is 12.5. The molecule has 2 aromatic carbocycles. The lowest BCUT2D eigenvalue weighted by atomic mass is 10.1. The van der Waals surface area contributed by atoms with Crippen LogP contribution in [0.15, 0.2) is 53.4 Å². The molecule has 2 aromatic rings. The largest absolute Gasteiger partial charge is 0.454 e. The number of nitrogens with one attached hydrogen (secondary N) is 2. The van der Waals surface area contributed by atoms with Crippen LogP contribution in [0.5, 0.6) is 0 Å². The molecule has 2 rings (SSSR count). The van der Waals surface area contributed by atoms with Crippen LogP contribution in [-0.4, -0.2) is 56.2 Å². The molecule has 0 unspecified atom stereocenters. The Morgan fingerprint density at radius 1 is 0.970 bits per heavy atom. The number of carbonyl (C=O) groups is 4. The van der Waals surface area contributed by atoms with Crippen molar-refractivity contribution in [3.05, 3.63) is 59.7 Å². The normalized spacial score (nSPS) is 10.4. The molecule has 0 aliphatic heterocycles. The Morgan fingerprint density at radius 3 is 2.39 bits per heavy atom. The van der Waals surface area contributed by atoms with E-state index in [0.717, 1.165) is 6.42 Å². The molecular weight excluding hydrogens is 444 g/mol. The number of amides is 2. The number of methoxy groups -OCH3 is 1. The fraction of sp³-hybridized carbons (Fsp3) is 0.333. The Bertz CT molecular complexity index is 962. The van der Waals surface area contributed by atoms with Gasteiger partial charge in [0.05, 0.1) is 17.9 Å². The van der Waals surface area contributed by atoms with Gasteiger partial charge in [-0.05, 0) is 42.8 Å². The second-order valence-corrected chi connectivity index (χ2v) is 8.02. The quantitative estimate of drug-likeness (QED) is 0.199. The summed E-state index contributed by atoms with van der Waals surface area (Å²) < 4.78 is 10.1. The third-order valence-corrected chi connectivity index (χ3v) is 5.47. The first kappa shape index (κ1) is 26.1. The van der Waals surface area contributed by atoms with Crippen molar-refractivity contribution < 1.29 is 28.7 Å². The second-order valence-electron chi connectivity index (χ2n) is 7.00. The van der Waals surface area contributed by atoms with Crippen LogP contribution in [0.4, 0.5) is 5.69 Å². The van der Waals surface area contributed by atoms with Crippen LogP contribution < -0.4 is 10.6 Å². The van der Waals surface area contributed by atoms with Crippen molar-refractivity contribution in [2.24, 2.45) is 0 Å². The number of ether oxygens (including phenoxy) is 2. The molecule has 0 radical (unpaired) electrons. The molecule has 0 saturated carbocycles. The van der Waals surface area contributed by atoms with Crippen LogP contribution in [0.2, 0.25) is 0 Å². The Kier molecular flexibility index (Phi) is 11.1. The first-order chi connectivity index (χ1) is 15.9. The van der Waals surface area contributed by atoms with E-state index >= 15 is 0 Å². The number of esters is 1. The van der Waals surface area contributed by atoms with Gasteiger partial charge in [-0.15, -0.1) is 11.8 Å². The molecule has 0 spiro atoms. The molecule has 0 atom stereocenters. The van der Waals surface area contributed by atoms with Crippen molar-refractivity contribution in [1.82, 2.24) is 5.32 Å². The number of benzene rings is 2. The summed E-state index contributed by atoms with van der Waals surface area (Å²) in [7, 11) is 1.55. The van der Waals surface area contributed by atoms with Crippen LogP contribution in [0.3, 0.4) is 0 Å². The molecule has 0 aromatic heterocycles.